The molecule has 6 nitrogen and oxygen atoms in total. The number of amides is 1. The number of benzene rings is 3. The first-order valence-electron chi connectivity index (χ1n) is 10.6. The molecular formula is C27H25NO5. The number of carbonyl (C=O) groups is 2. The van der Waals surface area contributed by atoms with Crippen LogP contribution < -0.4 is 4.74 Å². The van der Waals surface area contributed by atoms with Crippen LogP contribution in [0.1, 0.15) is 27.2 Å². The largest absolute Gasteiger partial charge is 0.497 e. The van der Waals surface area contributed by atoms with Gasteiger partial charge in [0.1, 0.15) is 11.3 Å². The SMILES string of the molecule is COc1ccc2oc(C(=O)OCC(=O)N(Cc3ccccc3)Cc3ccccc3)c(C)c2c1. The van der Waals surface area contributed by atoms with Gasteiger partial charge in [-0.15, -0.1) is 0 Å². The maximum atomic E-state index is 13.0. The molecule has 6 heteroatoms. The monoisotopic (exact) mass is 443 g/mol. The summed E-state index contributed by atoms with van der Waals surface area (Å²) in [6.07, 6.45) is 0. The fourth-order valence-corrected chi connectivity index (χ4v) is 3.65. The number of carbonyl (C=O) groups excluding carboxylic acids is 2. The lowest BCUT2D eigenvalue weighted by Gasteiger charge is -2.23. The van der Waals surface area contributed by atoms with E-state index in [0.717, 1.165) is 16.5 Å². The van der Waals surface area contributed by atoms with Crippen molar-refractivity contribution in [2.24, 2.45) is 0 Å². The Morgan fingerprint density at radius 2 is 1.48 bits per heavy atom. The summed E-state index contributed by atoms with van der Waals surface area (Å²) >= 11 is 0. The molecule has 1 aromatic heterocycles. The van der Waals surface area contributed by atoms with E-state index in [9.17, 15) is 9.59 Å². The van der Waals surface area contributed by atoms with E-state index in [1.807, 2.05) is 60.7 Å². The first-order valence-corrected chi connectivity index (χ1v) is 10.6. The molecule has 4 aromatic rings. The second-order valence-electron chi connectivity index (χ2n) is 7.72. The molecule has 168 valence electrons. The van der Waals surface area contributed by atoms with E-state index in [2.05, 4.69) is 0 Å². The average Bonchev–Trinajstić information content (AvgIpc) is 3.19. The Morgan fingerprint density at radius 1 is 0.879 bits per heavy atom. The van der Waals surface area contributed by atoms with Crippen LogP contribution in [-0.2, 0) is 22.6 Å². The lowest BCUT2D eigenvalue weighted by Crippen LogP contribution is -2.34. The lowest BCUT2D eigenvalue weighted by molar-refractivity contribution is -0.135. The summed E-state index contributed by atoms with van der Waals surface area (Å²) in [5.41, 5.74) is 3.19. The first-order chi connectivity index (χ1) is 16.0. The van der Waals surface area contributed by atoms with Gasteiger partial charge in [0.2, 0.25) is 5.76 Å². The highest BCUT2D eigenvalue weighted by Crippen LogP contribution is 2.29. The van der Waals surface area contributed by atoms with Gasteiger partial charge >= 0.3 is 5.97 Å². The fourth-order valence-electron chi connectivity index (χ4n) is 3.65. The highest BCUT2D eigenvalue weighted by atomic mass is 16.5. The molecule has 0 unspecified atom stereocenters. The molecule has 0 radical (unpaired) electrons. The van der Waals surface area contributed by atoms with E-state index < -0.39 is 5.97 Å². The summed E-state index contributed by atoms with van der Waals surface area (Å²) in [5, 5.41) is 0.766. The maximum absolute atomic E-state index is 13.0. The molecule has 1 heterocycles. The molecule has 3 aromatic carbocycles. The number of furan rings is 1. The molecule has 0 fully saturated rings. The maximum Gasteiger partial charge on any atom is 0.375 e. The Hall–Kier alpha value is -4.06. The molecule has 0 saturated heterocycles. The van der Waals surface area contributed by atoms with Gasteiger partial charge in [-0.2, -0.15) is 0 Å². The predicted molar refractivity (Wildman–Crippen MR) is 125 cm³/mol. The molecule has 0 aliphatic heterocycles. The van der Waals surface area contributed by atoms with Crippen LogP contribution >= 0.6 is 0 Å². The summed E-state index contributed by atoms with van der Waals surface area (Å²) in [5.74, 6) is -0.204. The molecule has 0 spiro atoms. The second-order valence-corrected chi connectivity index (χ2v) is 7.72. The smallest absolute Gasteiger partial charge is 0.375 e. The average molecular weight is 443 g/mol. The topological polar surface area (TPSA) is 69.0 Å². The van der Waals surface area contributed by atoms with Crippen molar-refractivity contribution < 1.29 is 23.5 Å². The van der Waals surface area contributed by atoms with E-state index >= 15 is 0 Å². The van der Waals surface area contributed by atoms with Crippen LogP contribution in [0.2, 0.25) is 0 Å². The summed E-state index contributed by atoms with van der Waals surface area (Å²) < 4.78 is 16.3. The van der Waals surface area contributed by atoms with Gasteiger partial charge < -0.3 is 18.8 Å². The Labute approximate surface area is 192 Å². The van der Waals surface area contributed by atoms with Crippen molar-refractivity contribution in [3.05, 3.63) is 101 Å². The predicted octanol–water partition coefficient (Wildman–Crippen LogP) is 5.14. The van der Waals surface area contributed by atoms with Crippen molar-refractivity contribution in [3.8, 4) is 5.75 Å². The van der Waals surface area contributed by atoms with Gasteiger partial charge in [0.15, 0.2) is 6.61 Å². The molecule has 0 N–H and O–H groups in total. The number of methoxy groups -OCH3 is 1. The molecule has 4 rings (SSSR count). The van der Waals surface area contributed by atoms with Gasteiger partial charge in [-0.3, -0.25) is 4.79 Å². The zero-order valence-corrected chi connectivity index (χ0v) is 18.6. The Kier molecular flexibility index (Phi) is 6.74. The first kappa shape index (κ1) is 22.1. The summed E-state index contributed by atoms with van der Waals surface area (Å²) in [6.45, 7) is 2.23. The van der Waals surface area contributed by atoms with E-state index in [4.69, 9.17) is 13.9 Å². The molecule has 0 aliphatic rings. The number of rotatable bonds is 8. The van der Waals surface area contributed by atoms with Gasteiger partial charge in [-0.05, 0) is 36.2 Å². The van der Waals surface area contributed by atoms with Crippen LogP contribution in [0.15, 0.2) is 83.3 Å². The van der Waals surface area contributed by atoms with Crippen molar-refractivity contribution in [1.82, 2.24) is 4.90 Å². The van der Waals surface area contributed by atoms with Gasteiger partial charge in [0.05, 0.1) is 7.11 Å². The van der Waals surface area contributed by atoms with Crippen molar-refractivity contribution in [1.29, 1.82) is 0 Å². The van der Waals surface area contributed by atoms with Crippen LogP contribution in [0.25, 0.3) is 11.0 Å². The van der Waals surface area contributed by atoms with Crippen molar-refractivity contribution in [2.45, 2.75) is 20.0 Å². The molecule has 33 heavy (non-hydrogen) atoms. The summed E-state index contributed by atoms with van der Waals surface area (Å²) in [6, 6.07) is 24.7. The van der Waals surface area contributed by atoms with Gasteiger partial charge in [-0.1, -0.05) is 60.7 Å². The van der Waals surface area contributed by atoms with Crippen LogP contribution in [0, 0.1) is 6.92 Å². The summed E-state index contributed by atoms with van der Waals surface area (Å²) in [4.78, 5) is 27.4. The van der Waals surface area contributed by atoms with E-state index in [1.54, 1.807) is 37.1 Å². The van der Waals surface area contributed by atoms with Gasteiger partial charge in [0, 0.05) is 24.0 Å². The van der Waals surface area contributed by atoms with E-state index in [0.29, 0.717) is 30.0 Å². The summed E-state index contributed by atoms with van der Waals surface area (Å²) in [7, 11) is 1.58. The fraction of sp³-hybridized carbons (Fsp3) is 0.185. The zero-order valence-electron chi connectivity index (χ0n) is 18.6. The van der Waals surface area contributed by atoms with Crippen LogP contribution in [-0.4, -0.2) is 30.5 Å². The number of esters is 1. The highest BCUT2D eigenvalue weighted by molar-refractivity contribution is 5.97. The van der Waals surface area contributed by atoms with Crippen LogP contribution in [0.4, 0.5) is 0 Å². The molecule has 1 amide bonds. The van der Waals surface area contributed by atoms with Crippen LogP contribution in [0.3, 0.4) is 0 Å². The second kappa shape index (κ2) is 10.0. The Bertz CT molecular complexity index is 1210. The molecule has 0 aliphatic carbocycles. The van der Waals surface area contributed by atoms with Crippen LogP contribution in [0.5, 0.6) is 5.75 Å². The van der Waals surface area contributed by atoms with Crippen molar-refractivity contribution >= 4 is 22.8 Å². The highest BCUT2D eigenvalue weighted by Gasteiger charge is 2.22. The molecule has 0 saturated carbocycles. The molecule has 0 atom stereocenters. The normalized spacial score (nSPS) is 10.7. The third-order valence-electron chi connectivity index (χ3n) is 5.44. The minimum Gasteiger partial charge on any atom is -0.497 e. The zero-order chi connectivity index (χ0) is 23.2. The third kappa shape index (κ3) is 5.23. The van der Waals surface area contributed by atoms with E-state index in [-0.39, 0.29) is 18.3 Å². The molecule has 0 bridgehead atoms. The van der Waals surface area contributed by atoms with E-state index in [1.165, 1.54) is 0 Å². The quantitative estimate of drug-likeness (QED) is 0.353. The lowest BCUT2D eigenvalue weighted by atomic mass is 10.1. The number of hydrogen-bond donors (Lipinski definition) is 0. The van der Waals surface area contributed by atoms with Gasteiger partial charge in [0.25, 0.3) is 5.91 Å². The molecular weight excluding hydrogens is 418 g/mol. The minimum atomic E-state index is -0.671. The van der Waals surface area contributed by atoms with Crippen molar-refractivity contribution in [3.63, 3.8) is 0 Å². The number of ether oxygens (including phenoxy) is 2. The minimum absolute atomic E-state index is 0.0868. The third-order valence-corrected chi connectivity index (χ3v) is 5.44. The number of aryl methyl sites for hydroxylation is 1. The number of nitrogens with zero attached hydrogens (tertiary/aromatic N) is 1. The Balaban J connectivity index is 1.47. The Morgan fingerprint density at radius 3 is 2.06 bits per heavy atom. The van der Waals surface area contributed by atoms with Crippen molar-refractivity contribution in [2.75, 3.05) is 13.7 Å². The van der Waals surface area contributed by atoms with Gasteiger partial charge in [-0.25, -0.2) is 4.79 Å². The number of fused-ring (bicyclic) bond motifs is 1. The number of hydrogen-bond acceptors (Lipinski definition) is 5. The standard InChI is InChI=1S/C27H25NO5/c1-19-23-15-22(31-2)13-14-24(23)33-26(19)27(30)32-18-25(29)28(16-20-9-5-3-6-10-20)17-21-11-7-4-8-12-21/h3-15H,16-18H2,1-2H3.